The number of anilines is 1. The highest BCUT2D eigenvalue weighted by Gasteiger charge is 2.27. The van der Waals surface area contributed by atoms with Gasteiger partial charge in [0.15, 0.2) is 5.82 Å². The summed E-state index contributed by atoms with van der Waals surface area (Å²) in [6.45, 7) is 5.35. The van der Waals surface area contributed by atoms with Gasteiger partial charge in [0, 0.05) is 37.1 Å². The molecule has 1 fully saturated rings. The molecule has 0 bridgehead atoms. The fraction of sp³-hybridized carbons (Fsp3) is 0.478. The molecule has 0 radical (unpaired) electrons. The molecule has 164 valence electrons. The molecule has 4 rings (SSSR count). The van der Waals surface area contributed by atoms with Gasteiger partial charge in [0.05, 0.1) is 11.9 Å². The van der Waals surface area contributed by atoms with Crippen molar-refractivity contribution < 1.29 is 4.79 Å². The Morgan fingerprint density at radius 2 is 1.94 bits per heavy atom. The van der Waals surface area contributed by atoms with Crippen molar-refractivity contribution in [1.29, 1.82) is 0 Å². The molecular formula is C23H31N7O. The average molecular weight is 422 g/mol. The molecule has 3 heterocycles. The SMILES string of the molecule is Cc1ccc(-n2cc3cnnc(N4CCC(C(=O)NCCCN(C)C)CC4)c3n2)cc1. The van der Waals surface area contributed by atoms with Crippen molar-refractivity contribution in [1.82, 2.24) is 30.2 Å². The average Bonchev–Trinajstić information content (AvgIpc) is 3.21. The lowest BCUT2D eigenvalue weighted by atomic mass is 9.96. The first kappa shape index (κ1) is 21.2. The molecule has 1 saturated heterocycles. The number of piperidine rings is 1. The summed E-state index contributed by atoms with van der Waals surface area (Å²) >= 11 is 0. The third-order valence-corrected chi connectivity index (χ3v) is 5.85. The number of fused-ring (bicyclic) bond motifs is 1. The fourth-order valence-electron chi connectivity index (χ4n) is 4.00. The summed E-state index contributed by atoms with van der Waals surface area (Å²) in [5.41, 5.74) is 3.08. The topological polar surface area (TPSA) is 79.2 Å². The molecule has 8 heteroatoms. The van der Waals surface area contributed by atoms with Gasteiger partial charge in [-0.15, -0.1) is 5.10 Å². The molecule has 2 aromatic heterocycles. The summed E-state index contributed by atoms with van der Waals surface area (Å²) in [7, 11) is 4.09. The Kier molecular flexibility index (Phi) is 6.46. The number of carbonyl (C=O) groups is 1. The molecule has 0 spiro atoms. The van der Waals surface area contributed by atoms with Crippen LogP contribution in [0.4, 0.5) is 5.82 Å². The van der Waals surface area contributed by atoms with Crippen LogP contribution >= 0.6 is 0 Å². The van der Waals surface area contributed by atoms with Crippen LogP contribution in [0.5, 0.6) is 0 Å². The van der Waals surface area contributed by atoms with Gasteiger partial charge in [-0.25, -0.2) is 4.68 Å². The summed E-state index contributed by atoms with van der Waals surface area (Å²) in [6.07, 6.45) is 6.35. The molecule has 1 N–H and O–H groups in total. The smallest absolute Gasteiger partial charge is 0.223 e. The van der Waals surface area contributed by atoms with Gasteiger partial charge in [-0.2, -0.15) is 10.2 Å². The molecule has 1 amide bonds. The number of amides is 1. The van der Waals surface area contributed by atoms with E-state index in [9.17, 15) is 4.79 Å². The second-order valence-corrected chi connectivity index (χ2v) is 8.59. The van der Waals surface area contributed by atoms with Crippen LogP contribution in [0.25, 0.3) is 16.6 Å². The second kappa shape index (κ2) is 9.43. The van der Waals surface area contributed by atoms with Gasteiger partial charge >= 0.3 is 0 Å². The van der Waals surface area contributed by atoms with E-state index < -0.39 is 0 Å². The predicted molar refractivity (Wildman–Crippen MR) is 123 cm³/mol. The van der Waals surface area contributed by atoms with Gasteiger partial charge in [0.2, 0.25) is 5.91 Å². The number of hydrogen-bond donors (Lipinski definition) is 1. The van der Waals surface area contributed by atoms with E-state index in [2.05, 4.69) is 56.5 Å². The number of rotatable bonds is 7. The van der Waals surface area contributed by atoms with Crippen molar-refractivity contribution in [2.75, 3.05) is 45.2 Å². The number of benzene rings is 1. The largest absolute Gasteiger partial charge is 0.356 e. The van der Waals surface area contributed by atoms with Gasteiger partial charge in [-0.05, 0) is 59.0 Å². The Morgan fingerprint density at radius 1 is 1.19 bits per heavy atom. The molecular weight excluding hydrogens is 390 g/mol. The maximum absolute atomic E-state index is 12.5. The first-order valence-corrected chi connectivity index (χ1v) is 11.0. The lowest BCUT2D eigenvalue weighted by Crippen LogP contribution is -2.41. The van der Waals surface area contributed by atoms with E-state index in [1.807, 2.05) is 25.0 Å². The van der Waals surface area contributed by atoms with E-state index >= 15 is 0 Å². The van der Waals surface area contributed by atoms with Crippen LogP contribution in [-0.4, -0.2) is 71.1 Å². The Labute approximate surface area is 183 Å². The highest BCUT2D eigenvalue weighted by atomic mass is 16.1. The van der Waals surface area contributed by atoms with Crippen LogP contribution < -0.4 is 10.2 Å². The summed E-state index contributed by atoms with van der Waals surface area (Å²) in [4.78, 5) is 16.8. The maximum atomic E-state index is 12.5. The van der Waals surface area contributed by atoms with E-state index in [0.29, 0.717) is 0 Å². The summed E-state index contributed by atoms with van der Waals surface area (Å²) in [5.74, 6) is 1.03. The van der Waals surface area contributed by atoms with Gasteiger partial charge in [0.1, 0.15) is 5.52 Å². The molecule has 1 aromatic carbocycles. The summed E-state index contributed by atoms with van der Waals surface area (Å²) in [5, 5.41) is 17.4. The molecule has 1 aliphatic heterocycles. The molecule has 1 aliphatic rings. The molecule has 0 saturated carbocycles. The number of carbonyl (C=O) groups excluding carboxylic acids is 1. The zero-order valence-corrected chi connectivity index (χ0v) is 18.6. The van der Waals surface area contributed by atoms with Crippen LogP contribution in [0, 0.1) is 12.8 Å². The predicted octanol–water partition coefficient (Wildman–Crippen LogP) is 2.41. The lowest BCUT2D eigenvalue weighted by Gasteiger charge is -2.31. The summed E-state index contributed by atoms with van der Waals surface area (Å²) < 4.78 is 1.88. The number of aromatic nitrogens is 4. The normalized spacial score (nSPS) is 15.0. The number of hydrogen-bond acceptors (Lipinski definition) is 6. The van der Waals surface area contributed by atoms with Crippen molar-refractivity contribution in [3.8, 4) is 5.69 Å². The number of nitrogens with one attached hydrogen (secondary N) is 1. The highest BCUT2D eigenvalue weighted by molar-refractivity contribution is 5.88. The van der Waals surface area contributed by atoms with Gasteiger partial charge in [0.25, 0.3) is 0 Å². The van der Waals surface area contributed by atoms with E-state index in [0.717, 1.165) is 67.8 Å². The Hall–Kier alpha value is -3.00. The monoisotopic (exact) mass is 421 g/mol. The Balaban J connectivity index is 1.41. The lowest BCUT2D eigenvalue weighted by molar-refractivity contribution is -0.125. The second-order valence-electron chi connectivity index (χ2n) is 8.59. The van der Waals surface area contributed by atoms with Crippen LogP contribution in [0.1, 0.15) is 24.8 Å². The van der Waals surface area contributed by atoms with Gasteiger partial charge in [-0.3, -0.25) is 4.79 Å². The molecule has 0 aliphatic carbocycles. The number of aryl methyl sites for hydroxylation is 1. The zero-order valence-electron chi connectivity index (χ0n) is 18.6. The van der Waals surface area contributed by atoms with E-state index in [-0.39, 0.29) is 11.8 Å². The third kappa shape index (κ3) is 5.02. The van der Waals surface area contributed by atoms with Crippen molar-refractivity contribution in [3.63, 3.8) is 0 Å². The first-order chi connectivity index (χ1) is 15.0. The highest BCUT2D eigenvalue weighted by Crippen LogP contribution is 2.27. The van der Waals surface area contributed by atoms with Crippen molar-refractivity contribution in [2.45, 2.75) is 26.2 Å². The maximum Gasteiger partial charge on any atom is 0.223 e. The van der Waals surface area contributed by atoms with Crippen LogP contribution in [0.2, 0.25) is 0 Å². The Morgan fingerprint density at radius 3 is 2.65 bits per heavy atom. The van der Waals surface area contributed by atoms with Crippen LogP contribution in [0.3, 0.4) is 0 Å². The molecule has 3 aromatic rings. The quantitative estimate of drug-likeness (QED) is 0.590. The number of nitrogens with zero attached hydrogens (tertiary/aromatic N) is 6. The Bertz CT molecular complexity index is 1020. The van der Waals surface area contributed by atoms with Gasteiger partial charge in [-0.1, -0.05) is 17.7 Å². The van der Waals surface area contributed by atoms with Crippen molar-refractivity contribution in [3.05, 3.63) is 42.2 Å². The van der Waals surface area contributed by atoms with E-state index in [4.69, 9.17) is 5.10 Å². The summed E-state index contributed by atoms with van der Waals surface area (Å²) in [6, 6.07) is 8.28. The van der Waals surface area contributed by atoms with Crippen molar-refractivity contribution >= 4 is 22.6 Å². The zero-order chi connectivity index (χ0) is 21.8. The van der Waals surface area contributed by atoms with E-state index in [1.165, 1.54) is 5.56 Å². The standard InChI is InChI=1S/C23H31N7O/c1-17-5-7-20(8-6-17)30-16-19-15-25-26-22(21(19)27-30)29-13-9-18(10-14-29)23(31)24-11-4-12-28(2)3/h5-8,15-16,18H,4,9-14H2,1-3H3,(H,24,31). The minimum Gasteiger partial charge on any atom is -0.356 e. The molecule has 0 unspecified atom stereocenters. The molecule has 31 heavy (non-hydrogen) atoms. The van der Waals surface area contributed by atoms with Gasteiger partial charge < -0.3 is 15.1 Å². The molecule has 0 atom stereocenters. The van der Waals surface area contributed by atoms with Crippen LogP contribution in [-0.2, 0) is 4.79 Å². The molecule has 8 nitrogen and oxygen atoms in total. The fourth-order valence-corrected chi connectivity index (χ4v) is 4.00. The minimum atomic E-state index is 0.0629. The van der Waals surface area contributed by atoms with Crippen LogP contribution in [0.15, 0.2) is 36.7 Å². The van der Waals surface area contributed by atoms with E-state index in [1.54, 1.807) is 6.20 Å². The van der Waals surface area contributed by atoms with Crippen molar-refractivity contribution in [2.24, 2.45) is 5.92 Å². The third-order valence-electron chi connectivity index (χ3n) is 5.85. The minimum absolute atomic E-state index is 0.0629. The first-order valence-electron chi connectivity index (χ1n) is 11.0.